The maximum absolute atomic E-state index is 11.9. The van der Waals surface area contributed by atoms with Gasteiger partial charge in [-0.3, -0.25) is 0 Å². The molecule has 2 aromatic rings. The lowest BCUT2D eigenvalue weighted by atomic mass is 10.1. The van der Waals surface area contributed by atoms with Crippen molar-refractivity contribution in [2.45, 2.75) is 19.2 Å². The first-order valence-corrected chi connectivity index (χ1v) is 7.10. The fourth-order valence-corrected chi connectivity index (χ4v) is 2.22. The number of hydrogen-bond acceptors (Lipinski definition) is 2. The number of ether oxygens (including phenoxy) is 1. The monoisotopic (exact) mass is 288 g/mol. The van der Waals surface area contributed by atoms with Gasteiger partial charge >= 0.3 is 5.97 Å². The molecule has 2 rings (SSSR count). The Hall–Kier alpha value is -1.80. The lowest BCUT2D eigenvalue weighted by molar-refractivity contribution is 0.0509. The van der Waals surface area contributed by atoms with Crippen molar-refractivity contribution in [3.05, 3.63) is 70.8 Å². The highest BCUT2D eigenvalue weighted by atomic mass is 35.5. The Bertz CT molecular complexity index is 576. The molecule has 104 valence electrons. The van der Waals surface area contributed by atoms with Gasteiger partial charge in [-0.1, -0.05) is 42.0 Å². The zero-order valence-corrected chi connectivity index (χ0v) is 12.2. The summed E-state index contributed by atoms with van der Waals surface area (Å²) in [5.41, 5.74) is 3.92. The molecule has 20 heavy (non-hydrogen) atoms. The molecule has 0 radical (unpaired) electrons. The number of benzene rings is 2. The minimum atomic E-state index is -0.284. The van der Waals surface area contributed by atoms with Crippen molar-refractivity contribution in [3.63, 3.8) is 0 Å². The number of carbonyl (C=O) groups excluding carboxylic acids is 1. The molecule has 0 spiro atoms. The van der Waals surface area contributed by atoms with Crippen LogP contribution in [0.5, 0.6) is 0 Å². The van der Waals surface area contributed by atoms with Crippen molar-refractivity contribution in [1.29, 1.82) is 0 Å². The Morgan fingerprint density at radius 1 is 1.05 bits per heavy atom. The third kappa shape index (κ3) is 3.84. The molecule has 0 aromatic heterocycles. The molecule has 2 aromatic carbocycles. The molecule has 0 saturated heterocycles. The molecule has 2 nitrogen and oxygen atoms in total. The molecule has 0 fully saturated rings. The summed E-state index contributed by atoms with van der Waals surface area (Å²) < 4.78 is 5.29. The average molecular weight is 289 g/mol. The molecule has 0 N–H and O–H groups in total. The van der Waals surface area contributed by atoms with Gasteiger partial charge in [-0.25, -0.2) is 4.79 Å². The highest BCUT2D eigenvalue weighted by Crippen LogP contribution is 2.12. The first-order chi connectivity index (χ1) is 9.70. The van der Waals surface area contributed by atoms with E-state index in [0.29, 0.717) is 24.5 Å². The molecule has 0 heterocycles. The van der Waals surface area contributed by atoms with Gasteiger partial charge in [-0.15, -0.1) is 11.6 Å². The molecular weight excluding hydrogens is 272 g/mol. The largest absolute Gasteiger partial charge is 0.462 e. The predicted molar refractivity (Wildman–Crippen MR) is 81.2 cm³/mol. The van der Waals surface area contributed by atoms with E-state index < -0.39 is 0 Å². The van der Waals surface area contributed by atoms with Crippen LogP contribution in [0, 0.1) is 6.92 Å². The third-order valence-corrected chi connectivity index (χ3v) is 3.44. The van der Waals surface area contributed by atoms with Gasteiger partial charge < -0.3 is 4.74 Å². The normalized spacial score (nSPS) is 10.3. The minimum absolute atomic E-state index is 0.284. The molecule has 0 amide bonds. The molecule has 0 aliphatic rings. The number of carbonyl (C=O) groups is 1. The van der Waals surface area contributed by atoms with Gasteiger partial charge in [0.2, 0.25) is 0 Å². The highest BCUT2D eigenvalue weighted by molar-refractivity contribution is 6.17. The number of hydrogen-bond donors (Lipinski definition) is 0. The highest BCUT2D eigenvalue weighted by Gasteiger charge is 2.07. The molecule has 0 saturated carbocycles. The van der Waals surface area contributed by atoms with Crippen molar-refractivity contribution < 1.29 is 9.53 Å². The van der Waals surface area contributed by atoms with Crippen LogP contribution in [0.4, 0.5) is 0 Å². The van der Waals surface area contributed by atoms with Crippen LogP contribution in [0.2, 0.25) is 0 Å². The second-order valence-corrected chi connectivity index (χ2v) is 4.92. The molecular formula is C17H17ClO2. The second kappa shape index (κ2) is 7.11. The van der Waals surface area contributed by atoms with Crippen LogP contribution in [0.25, 0.3) is 0 Å². The number of halogens is 1. The Kier molecular flexibility index (Phi) is 5.19. The molecule has 0 atom stereocenters. The van der Waals surface area contributed by atoms with Crippen molar-refractivity contribution >= 4 is 17.6 Å². The maximum atomic E-state index is 11.9. The smallest absolute Gasteiger partial charge is 0.338 e. The van der Waals surface area contributed by atoms with Gasteiger partial charge in [0.1, 0.15) is 0 Å². The van der Waals surface area contributed by atoms with Crippen LogP contribution in [0.3, 0.4) is 0 Å². The van der Waals surface area contributed by atoms with E-state index >= 15 is 0 Å². The Labute approximate surface area is 124 Å². The molecule has 0 unspecified atom stereocenters. The fraction of sp³-hybridized carbons (Fsp3) is 0.235. The standard InChI is InChI=1S/C17H17ClO2/c1-13-6-8-15(9-7-13)17(19)20-11-10-14-4-2-3-5-16(14)12-18/h2-9H,10-12H2,1H3. The summed E-state index contributed by atoms with van der Waals surface area (Å²) >= 11 is 5.88. The van der Waals surface area contributed by atoms with E-state index in [4.69, 9.17) is 16.3 Å². The first kappa shape index (κ1) is 14.6. The van der Waals surface area contributed by atoms with E-state index in [2.05, 4.69) is 0 Å². The lowest BCUT2D eigenvalue weighted by Crippen LogP contribution is -2.08. The lowest BCUT2D eigenvalue weighted by Gasteiger charge is -2.08. The summed E-state index contributed by atoms with van der Waals surface area (Å²) in [6.07, 6.45) is 0.681. The summed E-state index contributed by atoms with van der Waals surface area (Å²) in [7, 11) is 0. The minimum Gasteiger partial charge on any atom is -0.462 e. The number of aryl methyl sites for hydroxylation is 1. The third-order valence-electron chi connectivity index (χ3n) is 3.15. The van der Waals surface area contributed by atoms with Crippen LogP contribution in [-0.2, 0) is 17.0 Å². The Morgan fingerprint density at radius 2 is 1.70 bits per heavy atom. The van der Waals surface area contributed by atoms with Gasteiger partial charge in [0.15, 0.2) is 0 Å². The van der Waals surface area contributed by atoms with Crippen LogP contribution in [0.15, 0.2) is 48.5 Å². The average Bonchev–Trinajstić information content (AvgIpc) is 2.48. The predicted octanol–water partition coefficient (Wildman–Crippen LogP) is 4.13. The van der Waals surface area contributed by atoms with E-state index in [-0.39, 0.29) is 5.97 Å². The van der Waals surface area contributed by atoms with Crippen LogP contribution in [0.1, 0.15) is 27.0 Å². The van der Waals surface area contributed by atoms with Gasteiger partial charge in [0.05, 0.1) is 12.2 Å². The van der Waals surface area contributed by atoms with Crippen molar-refractivity contribution in [1.82, 2.24) is 0 Å². The molecule has 0 aliphatic carbocycles. The van der Waals surface area contributed by atoms with Crippen LogP contribution < -0.4 is 0 Å². The Balaban J connectivity index is 1.89. The van der Waals surface area contributed by atoms with E-state index in [1.165, 1.54) is 0 Å². The zero-order valence-electron chi connectivity index (χ0n) is 11.4. The molecule has 0 bridgehead atoms. The maximum Gasteiger partial charge on any atom is 0.338 e. The van der Waals surface area contributed by atoms with Crippen LogP contribution in [-0.4, -0.2) is 12.6 Å². The molecule has 0 aliphatic heterocycles. The summed E-state index contributed by atoms with van der Waals surface area (Å²) in [5, 5.41) is 0. The SMILES string of the molecule is Cc1ccc(C(=O)OCCc2ccccc2CCl)cc1. The van der Waals surface area contributed by atoms with Gasteiger partial charge in [-0.2, -0.15) is 0 Å². The zero-order chi connectivity index (χ0) is 14.4. The van der Waals surface area contributed by atoms with Gasteiger partial charge in [0, 0.05) is 12.3 Å². The number of alkyl halides is 1. The number of rotatable bonds is 5. The fourth-order valence-electron chi connectivity index (χ4n) is 1.96. The first-order valence-electron chi connectivity index (χ1n) is 6.57. The summed E-state index contributed by atoms with van der Waals surface area (Å²) in [5.74, 6) is 0.190. The van der Waals surface area contributed by atoms with E-state index in [1.54, 1.807) is 12.1 Å². The van der Waals surface area contributed by atoms with E-state index in [1.807, 2.05) is 43.3 Å². The van der Waals surface area contributed by atoms with Gasteiger partial charge in [0.25, 0.3) is 0 Å². The summed E-state index contributed by atoms with van der Waals surface area (Å²) in [4.78, 5) is 11.9. The second-order valence-electron chi connectivity index (χ2n) is 4.65. The van der Waals surface area contributed by atoms with E-state index in [0.717, 1.165) is 16.7 Å². The summed E-state index contributed by atoms with van der Waals surface area (Å²) in [6.45, 7) is 2.35. The molecule has 3 heteroatoms. The topological polar surface area (TPSA) is 26.3 Å². The van der Waals surface area contributed by atoms with E-state index in [9.17, 15) is 4.79 Å². The van der Waals surface area contributed by atoms with Crippen molar-refractivity contribution in [2.24, 2.45) is 0 Å². The quantitative estimate of drug-likeness (QED) is 0.611. The van der Waals surface area contributed by atoms with Gasteiger partial charge in [-0.05, 0) is 30.2 Å². The Morgan fingerprint density at radius 3 is 2.35 bits per heavy atom. The van der Waals surface area contributed by atoms with Crippen LogP contribution >= 0.6 is 11.6 Å². The van der Waals surface area contributed by atoms with Crippen molar-refractivity contribution in [2.75, 3.05) is 6.61 Å². The number of esters is 1. The summed E-state index contributed by atoms with van der Waals surface area (Å²) in [6, 6.07) is 15.3. The van der Waals surface area contributed by atoms with Crippen molar-refractivity contribution in [3.8, 4) is 0 Å².